The molecular formula is C4HF2N2. The van der Waals surface area contributed by atoms with E-state index >= 15 is 0 Å². The second-order valence-corrected chi connectivity index (χ2v) is 1.09. The van der Waals surface area contributed by atoms with Crippen LogP contribution in [0.4, 0.5) is 8.78 Å². The topological polar surface area (TPSA) is 25.8 Å². The molecule has 1 radical (unpaired) electrons. The molecule has 0 aliphatic rings. The van der Waals surface area contributed by atoms with Crippen molar-refractivity contribution < 1.29 is 8.78 Å². The van der Waals surface area contributed by atoms with Gasteiger partial charge in [0, 0.05) is 6.07 Å². The molecule has 41 valence electrons. The molecule has 0 aliphatic carbocycles. The summed E-state index contributed by atoms with van der Waals surface area (Å²) in [4.78, 5) is 5.60. The van der Waals surface area contributed by atoms with Crippen LogP contribution in [-0.2, 0) is 0 Å². The van der Waals surface area contributed by atoms with Crippen LogP contribution in [-0.4, -0.2) is 9.97 Å². The van der Waals surface area contributed by atoms with Crippen LogP contribution in [0.5, 0.6) is 0 Å². The molecule has 0 bridgehead atoms. The minimum absolute atomic E-state index is 0.850. The number of nitrogens with zero attached hydrogens (tertiary/aromatic N) is 2. The average Bonchev–Trinajstić information content (AvgIpc) is 1.64. The maximum atomic E-state index is 11.7. The number of halogens is 2. The van der Waals surface area contributed by atoms with Gasteiger partial charge in [-0.05, 0) is 0 Å². The minimum Gasteiger partial charge on any atom is -0.200 e. The minimum atomic E-state index is -1.09. The van der Waals surface area contributed by atoms with Gasteiger partial charge in [-0.3, -0.25) is 0 Å². The van der Waals surface area contributed by atoms with Crippen molar-refractivity contribution in [1.82, 2.24) is 9.97 Å². The van der Waals surface area contributed by atoms with Gasteiger partial charge in [-0.25, -0.2) is 4.98 Å². The van der Waals surface area contributed by atoms with Gasteiger partial charge in [0.15, 0.2) is 0 Å². The Kier molecular flexibility index (Phi) is 1.15. The summed E-state index contributed by atoms with van der Waals surface area (Å²) in [7, 11) is 0. The molecule has 1 aromatic rings. The van der Waals surface area contributed by atoms with E-state index in [4.69, 9.17) is 0 Å². The maximum Gasteiger partial charge on any atom is 0.311 e. The summed E-state index contributed by atoms with van der Waals surface area (Å²) >= 11 is 0. The zero-order valence-corrected chi connectivity index (χ0v) is 3.73. The van der Waals surface area contributed by atoms with E-state index in [0.717, 1.165) is 6.07 Å². The molecule has 0 fully saturated rings. The van der Waals surface area contributed by atoms with E-state index in [0.29, 0.717) is 0 Å². The Balaban J connectivity index is 3.08. The van der Waals surface area contributed by atoms with Crippen LogP contribution in [0.2, 0.25) is 0 Å². The molecule has 1 rings (SSSR count). The van der Waals surface area contributed by atoms with Gasteiger partial charge < -0.3 is 0 Å². The van der Waals surface area contributed by atoms with Crippen LogP contribution in [0.1, 0.15) is 0 Å². The van der Waals surface area contributed by atoms with Gasteiger partial charge in [-0.1, -0.05) is 0 Å². The lowest BCUT2D eigenvalue weighted by molar-refractivity contribution is 0.481. The molecule has 0 aliphatic heterocycles. The van der Waals surface area contributed by atoms with Gasteiger partial charge in [0.25, 0.3) is 0 Å². The van der Waals surface area contributed by atoms with Crippen molar-refractivity contribution in [3.63, 3.8) is 0 Å². The first kappa shape index (κ1) is 5.08. The van der Waals surface area contributed by atoms with Crippen LogP contribution >= 0.6 is 0 Å². The number of hydrogen-bond acceptors (Lipinski definition) is 2. The van der Waals surface area contributed by atoms with Crippen molar-refractivity contribution in [3.05, 3.63) is 24.3 Å². The Morgan fingerprint density at radius 2 is 2.25 bits per heavy atom. The van der Waals surface area contributed by atoms with Gasteiger partial charge in [-0.15, -0.1) is 0 Å². The fourth-order valence-electron chi connectivity index (χ4n) is 0.284. The van der Waals surface area contributed by atoms with E-state index < -0.39 is 12.0 Å². The summed E-state index contributed by atoms with van der Waals surface area (Å²) in [6.45, 7) is 0. The number of rotatable bonds is 0. The summed E-state index contributed by atoms with van der Waals surface area (Å²) in [5, 5.41) is 0. The van der Waals surface area contributed by atoms with E-state index in [2.05, 4.69) is 9.97 Å². The highest BCUT2D eigenvalue weighted by atomic mass is 19.1. The summed E-state index contributed by atoms with van der Waals surface area (Å²) in [6, 6.07) is 0.850. The molecule has 1 heterocycles. The predicted octanol–water partition coefficient (Wildman–Crippen LogP) is 0.555. The zero-order valence-electron chi connectivity index (χ0n) is 3.73. The van der Waals surface area contributed by atoms with E-state index in [9.17, 15) is 8.78 Å². The largest absolute Gasteiger partial charge is 0.311 e. The van der Waals surface area contributed by atoms with Crippen molar-refractivity contribution in [2.24, 2.45) is 0 Å². The fraction of sp³-hybridized carbons (Fsp3) is 0. The molecule has 1 aromatic heterocycles. The lowest BCUT2D eigenvalue weighted by atomic mass is 10.7. The molecule has 4 heteroatoms. The Labute approximate surface area is 44.2 Å². The van der Waals surface area contributed by atoms with Crippen molar-refractivity contribution >= 4 is 0 Å². The molecule has 0 amide bonds. The quantitative estimate of drug-likeness (QED) is 0.364. The molecule has 0 spiro atoms. The monoisotopic (exact) mass is 115 g/mol. The highest BCUT2D eigenvalue weighted by molar-refractivity contribution is 4.78. The molecule has 0 saturated heterocycles. The second-order valence-electron chi connectivity index (χ2n) is 1.09. The van der Waals surface area contributed by atoms with Crippen molar-refractivity contribution in [2.45, 2.75) is 0 Å². The summed E-state index contributed by atoms with van der Waals surface area (Å²) in [5.74, 6) is -0.905. The molecule has 0 unspecified atom stereocenters. The van der Waals surface area contributed by atoms with E-state index in [-0.39, 0.29) is 0 Å². The molecule has 2 nitrogen and oxygen atoms in total. The Morgan fingerprint density at radius 1 is 1.50 bits per heavy atom. The standard InChI is InChI=1S/C4HF2N2/c5-3-1-2-7-4(6)8-3/h1H. The third kappa shape index (κ3) is 0.959. The second kappa shape index (κ2) is 1.81. The van der Waals surface area contributed by atoms with Gasteiger partial charge in [-0.2, -0.15) is 13.8 Å². The van der Waals surface area contributed by atoms with Gasteiger partial charge >= 0.3 is 6.08 Å². The van der Waals surface area contributed by atoms with Crippen LogP contribution < -0.4 is 0 Å². The number of aromatic nitrogens is 2. The Bertz CT molecular complexity index is 172. The van der Waals surface area contributed by atoms with Crippen LogP contribution in [0.25, 0.3) is 0 Å². The van der Waals surface area contributed by atoms with E-state index in [1.54, 1.807) is 0 Å². The van der Waals surface area contributed by atoms with Crippen molar-refractivity contribution in [1.29, 1.82) is 0 Å². The molecule has 8 heavy (non-hydrogen) atoms. The van der Waals surface area contributed by atoms with Crippen LogP contribution in [0.3, 0.4) is 0 Å². The Morgan fingerprint density at radius 3 is 2.62 bits per heavy atom. The molecule has 0 atom stereocenters. The molecule has 0 aromatic carbocycles. The summed E-state index contributed by atoms with van der Waals surface area (Å²) in [5.41, 5.74) is 0. The van der Waals surface area contributed by atoms with Gasteiger partial charge in [0.2, 0.25) is 5.95 Å². The van der Waals surface area contributed by atoms with Crippen LogP contribution in [0.15, 0.2) is 6.07 Å². The van der Waals surface area contributed by atoms with Gasteiger partial charge in [0.1, 0.15) is 0 Å². The van der Waals surface area contributed by atoms with Gasteiger partial charge in [0.05, 0.1) is 6.20 Å². The fourth-order valence-corrected chi connectivity index (χ4v) is 0.284. The molecule has 0 N–H and O–H groups in total. The Hall–Kier alpha value is -1.06. The van der Waals surface area contributed by atoms with Crippen molar-refractivity contribution in [2.75, 3.05) is 0 Å². The summed E-state index contributed by atoms with van der Waals surface area (Å²) < 4.78 is 23.4. The molecule has 0 saturated carbocycles. The van der Waals surface area contributed by atoms with Crippen molar-refractivity contribution in [3.8, 4) is 0 Å². The first-order chi connectivity index (χ1) is 3.79. The predicted molar refractivity (Wildman–Crippen MR) is 20.8 cm³/mol. The highest BCUT2D eigenvalue weighted by Gasteiger charge is 1.92. The lowest BCUT2D eigenvalue weighted by Crippen LogP contribution is -1.89. The SMILES string of the molecule is Fc1c[c]nc(F)n1. The first-order valence-corrected chi connectivity index (χ1v) is 1.85. The zero-order chi connectivity index (χ0) is 5.98. The lowest BCUT2D eigenvalue weighted by Gasteiger charge is -1.81. The third-order valence-electron chi connectivity index (χ3n) is 0.540. The average molecular weight is 115 g/mol. The highest BCUT2D eigenvalue weighted by Crippen LogP contribution is 1.87. The van der Waals surface area contributed by atoms with Crippen LogP contribution in [0, 0.1) is 18.2 Å². The first-order valence-electron chi connectivity index (χ1n) is 1.85. The van der Waals surface area contributed by atoms with E-state index in [1.807, 2.05) is 6.20 Å². The smallest absolute Gasteiger partial charge is 0.200 e. The van der Waals surface area contributed by atoms with E-state index in [1.165, 1.54) is 0 Å². The third-order valence-corrected chi connectivity index (χ3v) is 0.540. The normalized spacial score (nSPS) is 9.25. The summed E-state index contributed by atoms with van der Waals surface area (Å²) in [6.07, 6.45) is 0.874. The maximum absolute atomic E-state index is 11.7. The molecular weight excluding hydrogens is 114 g/mol. The number of hydrogen-bond donors (Lipinski definition) is 0.